The van der Waals surface area contributed by atoms with Gasteiger partial charge in [0.05, 0.1) is 28.9 Å². The molecule has 2 N–H and O–H groups in total. The summed E-state index contributed by atoms with van der Waals surface area (Å²) >= 11 is 0. The molecule has 1 amide bonds. The lowest BCUT2D eigenvalue weighted by atomic mass is 10.1. The zero-order valence-corrected chi connectivity index (χ0v) is 24.2. The van der Waals surface area contributed by atoms with Crippen molar-refractivity contribution in [3.63, 3.8) is 0 Å². The van der Waals surface area contributed by atoms with E-state index in [-0.39, 0.29) is 23.9 Å². The molecule has 0 aliphatic rings. The first-order valence-corrected chi connectivity index (χ1v) is 17.0. The van der Waals surface area contributed by atoms with Gasteiger partial charge in [-0.25, -0.2) is 21.8 Å². The van der Waals surface area contributed by atoms with Gasteiger partial charge in [-0.3, -0.25) is 4.79 Å². The Kier molecular flexibility index (Phi) is 10.3. The maximum absolute atomic E-state index is 13.1. The first-order valence-electron chi connectivity index (χ1n) is 13.4. The normalized spacial score (nSPS) is 12.9. The van der Waals surface area contributed by atoms with E-state index in [0.717, 1.165) is 0 Å². The van der Waals surface area contributed by atoms with Crippen molar-refractivity contribution in [2.24, 2.45) is 5.92 Å². The summed E-state index contributed by atoms with van der Waals surface area (Å²) in [5.74, 6) is -3.41. The van der Waals surface area contributed by atoms with Gasteiger partial charge in [0.2, 0.25) is 11.8 Å². The molecule has 0 aliphatic carbocycles. The highest BCUT2D eigenvalue weighted by atomic mass is 32.2. The molecule has 1 aromatic heterocycles. The number of carbonyl (C=O) groups is 1. The van der Waals surface area contributed by atoms with Crippen LogP contribution in [-0.4, -0.2) is 50.9 Å². The van der Waals surface area contributed by atoms with Gasteiger partial charge in [0.1, 0.15) is 11.6 Å². The van der Waals surface area contributed by atoms with Gasteiger partial charge in [-0.2, -0.15) is 0 Å². The molecule has 9 nitrogen and oxygen atoms in total. The summed E-state index contributed by atoms with van der Waals surface area (Å²) in [6.07, 6.45) is 0.465. The van der Waals surface area contributed by atoms with Crippen LogP contribution in [0.5, 0.6) is 0 Å². The second-order valence-electron chi connectivity index (χ2n) is 10.1. The number of carbonyl (C=O) groups excluding carboxylic acids is 1. The Hall–Kier alpha value is -3.54. The molecule has 11 heteroatoms. The standard InChI is InChI=1S/C30H34N2O7S2/c33-27(30-32-26-15-7-8-17-28(26)39-30)16-9-10-18-31-29(34)25(21-40(35,36)19-23-11-3-1-4-12-23)22-41(37,38)20-24-13-5-2-6-14-24/h1-8,11-15,17,25,27,33H,9-10,16,18-22H2,(H,31,34)/t27-/m0/s1. The molecule has 0 aliphatic heterocycles. The molecule has 1 atom stereocenters. The molecular weight excluding hydrogens is 564 g/mol. The van der Waals surface area contributed by atoms with Crippen LogP contribution >= 0.6 is 0 Å². The number of unbranched alkanes of at least 4 members (excludes halogenated alkanes) is 1. The Balaban J connectivity index is 1.34. The van der Waals surface area contributed by atoms with Crippen LogP contribution in [0.15, 0.2) is 89.3 Å². The molecule has 3 aromatic carbocycles. The van der Waals surface area contributed by atoms with Crippen LogP contribution in [0.25, 0.3) is 11.1 Å². The van der Waals surface area contributed by atoms with E-state index in [1.165, 1.54) is 0 Å². The van der Waals surface area contributed by atoms with Crippen LogP contribution in [0.2, 0.25) is 0 Å². The quantitative estimate of drug-likeness (QED) is 0.196. The first kappa shape index (κ1) is 30.4. The van der Waals surface area contributed by atoms with Crippen molar-refractivity contribution in [2.45, 2.75) is 36.9 Å². The second kappa shape index (κ2) is 13.9. The van der Waals surface area contributed by atoms with Gasteiger partial charge in [0.25, 0.3) is 0 Å². The van der Waals surface area contributed by atoms with Crippen LogP contribution in [0, 0.1) is 5.92 Å². The molecule has 218 valence electrons. The predicted octanol–water partition coefficient (Wildman–Crippen LogP) is 3.99. The molecule has 1 heterocycles. The van der Waals surface area contributed by atoms with Crippen molar-refractivity contribution in [2.75, 3.05) is 18.1 Å². The van der Waals surface area contributed by atoms with E-state index in [4.69, 9.17) is 4.42 Å². The minimum Gasteiger partial charge on any atom is -0.438 e. The molecule has 0 bridgehead atoms. The average Bonchev–Trinajstić information content (AvgIpc) is 3.37. The van der Waals surface area contributed by atoms with E-state index in [2.05, 4.69) is 10.3 Å². The molecule has 0 spiro atoms. The summed E-state index contributed by atoms with van der Waals surface area (Å²) in [6, 6.07) is 24.3. The summed E-state index contributed by atoms with van der Waals surface area (Å²) in [5.41, 5.74) is 2.38. The maximum atomic E-state index is 13.1. The van der Waals surface area contributed by atoms with Gasteiger partial charge in [-0.1, -0.05) is 72.8 Å². The zero-order chi connectivity index (χ0) is 29.3. The Bertz CT molecular complexity index is 1530. The van der Waals surface area contributed by atoms with Crippen molar-refractivity contribution >= 4 is 36.7 Å². The lowest BCUT2D eigenvalue weighted by Crippen LogP contribution is -2.39. The zero-order valence-electron chi connectivity index (χ0n) is 22.6. The fraction of sp³-hybridized carbons (Fsp3) is 0.333. The topological polar surface area (TPSA) is 144 Å². The third kappa shape index (κ3) is 9.51. The third-order valence-electron chi connectivity index (χ3n) is 6.54. The highest BCUT2D eigenvalue weighted by molar-refractivity contribution is 7.91. The van der Waals surface area contributed by atoms with E-state index >= 15 is 0 Å². The van der Waals surface area contributed by atoms with E-state index < -0.39 is 49.1 Å². The number of sulfone groups is 2. The van der Waals surface area contributed by atoms with Gasteiger partial charge in [-0.15, -0.1) is 0 Å². The molecule has 0 fully saturated rings. The summed E-state index contributed by atoms with van der Waals surface area (Å²) < 4.78 is 57.6. The van der Waals surface area contributed by atoms with Gasteiger partial charge >= 0.3 is 0 Å². The molecular formula is C30H34N2O7S2. The van der Waals surface area contributed by atoms with Crippen LogP contribution in [0.3, 0.4) is 0 Å². The number of oxazole rings is 1. The molecule has 0 radical (unpaired) electrons. The van der Waals surface area contributed by atoms with E-state index in [0.29, 0.717) is 41.5 Å². The third-order valence-corrected chi connectivity index (χ3v) is 9.91. The number of aliphatic hydroxyl groups excluding tert-OH is 1. The number of nitrogens with one attached hydrogen (secondary N) is 1. The molecule has 0 saturated heterocycles. The summed E-state index contributed by atoms with van der Waals surface area (Å²) in [4.78, 5) is 17.4. The van der Waals surface area contributed by atoms with Crippen LogP contribution < -0.4 is 5.32 Å². The first-order chi connectivity index (χ1) is 19.6. The van der Waals surface area contributed by atoms with Crippen LogP contribution in [-0.2, 0) is 36.0 Å². The molecule has 0 unspecified atom stereocenters. The van der Waals surface area contributed by atoms with E-state index in [9.17, 15) is 26.7 Å². The van der Waals surface area contributed by atoms with Crippen molar-refractivity contribution in [3.05, 3.63) is 102 Å². The SMILES string of the molecule is O=C(NCCCC[C@H](O)c1nc2ccccc2o1)C(CS(=O)(=O)Cc1ccccc1)CS(=O)(=O)Cc1ccccc1. The number of para-hydroxylation sites is 2. The largest absolute Gasteiger partial charge is 0.438 e. The number of rotatable bonds is 15. The molecule has 0 saturated carbocycles. The number of hydrogen-bond donors (Lipinski definition) is 2. The minimum absolute atomic E-state index is 0.201. The number of aliphatic hydroxyl groups is 1. The smallest absolute Gasteiger partial charge is 0.225 e. The predicted molar refractivity (Wildman–Crippen MR) is 157 cm³/mol. The number of benzene rings is 3. The highest BCUT2D eigenvalue weighted by Gasteiger charge is 2.30. The fourth-order valence-electron chi connectivity index (χ4n) is 4.56. The van der Waals surface area contributed by atoms with E-state index in [1.807, 2.05) is 12.1 Å². The molecule has 4 aromatic rings. The van der Waals surface area contributed by atoms with Crippen LogP contribution in [0.4, 0.5) is 0 Å². The van der Waals surface area contributed by atoms with Crippen molar-refractivity contribution in [1.82, 2.24) is 10.3 Å². The monoisotopic (exact) mass is 598 g/mol. The second-order valence-corrected chi connectivity index (χ2v) is 14.3. The van der Waals surface area contributed by atoms with Crippen molar-refractivity contribution in [3.8, 4) is 0 Å². The summed E-state index contributed by atoms with van der Waals surface area (Å²) in [7, 11) is -7.58. The van der Waals surface area contributed by atoms with E-state index in [1.54, 1.807) is 72.8 Å². The maximum Gasteiger partial charge on any atom is 0.225 e. The lowest BCUT2D eigenvalue weighted by Gasteiger charge is -2.18. The van der Waals surface area contributed by atoms with Gasteiger partial charge < -0.3 is 14.8 Å². The van der Waals surface area contributed by atoms with Gasteiger partial charge in [0, 0.05) is 6.54 Å². The number of amides is 1. The van der Waals surface area contributed by atoms with Gasteiger partial charge in [-0.05, 0) is 42.5 Å². The van der Waals surface area contributed by atoms with Crippen molar-refractivity contribution in [1.29, 1.82) is 0 Å². The Labute approximate surface area is 240 Å². The number of fused-ring (bicyclic) bond motifs is 1. The minimum atomic E-state index is -3.79. The Morgan fingerprint density at radius 2 is 1.32 bits per heavy atom. The average molecular weight is 599 g/mol. The highest BCUT2D eigenvalue weighted by Crippen LogP contribution is 2.23. The lowest BCUT2D eigenvalue weighted by molar-refractivity contribution is -0.123. The fourth-order valence-corrected chi connectivity index (χ4v) is 8.11. The Morgan fingerprint density at radius 1 is 0.780 bits per heavy atom. The van der Waals surface area contributed by atoms with Gasteiger partial charge in [0.15, 0.2) is 25.3 Å². The molecule has 4 rings (SSSR count). The van der Waals surface area contributed by atoms with Crippen LogP contribution in [0.1, 0.15) is 42.4 Å². The van der Waals surface area contributed by atoms with Crippen molar-refractivity contribution < 1.29 is 31.2 Å². The summed E-state index contributed by atoms with van der Waals surface area (Å²) in [5, 5.41) is 13.1. The summed E-state index contributed by atoms with van der Waals surface area (Å²) in [6.45, 7) is 0.201. The number of nitrogens with zero attached hydrogens (tertiary/aromatic N) is 1. The number of aromatic nitrogens is 1. The molecule has 41 heavy (non-hydrogen) atoms. The number of hydrogen-bond acceptors (Lipinski definition) is 8. The Morgan fingerprint density at radius 3 is 1.88 bits per heavy atom.